The van der Waals surface area contributed by atoms with Gasteiger partial charge in [0.1, 0.15) is 5.75 Å². The number of hydrogen-bond acceptors (Lipinski definition) is 2. The summed E-state index contributed by atoms with van der Waals surface area (Å²) in [4.78, 5) is 10.4. The number of ether oxygens (including phenoxy) is 1. The normalized spacial score (nSPS) is 9.69. The van der Waals surface area contributed by atoms with Crippen molar-refractivity contribution < 1.29 is 9.53 Å². The van der Waals surface area contributed by atoms with Crippen LogP contribution in [0, 0.1) is 6.92 Å². The lowest BCUT2D eigenvalue weighted by molar-refractivity contribution is -0.119. The van der Waals surface area contributed by atoms with Crippen LogP contribution in [0.2, 0.25) is 5.02 Å². The average molecular weight is 199 g/mol. The van der Waals surface area contributed by atoms with Gasteiger partial charge in [-0.2, -0.15) is 0 Å². The van der Waals surface area contributed by atoms with Gasteiger partial charge in [0.05, 0.1) is 0 Å². The van der Waals surface area contributed by atoms with E-state index in [1.807, 2.05) is 0 Å². The van der Waals surface area contributed by atoms with Crippen molar-refractivity contribution in [2.24, 2.45) is 5.73 Å². The van der Waals surface area contributed by atoms with E-state index < -0.39 is 5.91 Å². The molecule has 0 fully saturated rings. The summed E-state index contributed by atoms with van der Waals surface area (Å²) in [5.41, 5.74) is 5.54. The molecule has 1 aromatic rings. The van der Waals surface area contributed by atoms with E-state index >= 15 is 0 Å². The monoisotopic (exact) mass is 198 g/mol. The van der Waals surface area contributed by atoms with Crippen LogP contribution in [-0.4, -0.2) is 12.5 Å². The average Bonchev–Trinajstić information content (AvgIpc) is 2.02. The highest BCUT2D eigenvalue weighted by molar-refractivity contribution is 6.30. The number of nitrogens with two attached hydrogens (primary N) is 1. The number of halogens is 1. The highest BCUT2D eigenvalue weighted by atomic mass is 35.5. The molecule has 0 saturated heterocycles. The molecule has 1 aromatic carbocycles. The largest absolute Gasteiger partial charge is 0.484 e. The quantitative estimate of drug-likeness (QED) is 0.798. The standard InChI is InChI=1S/C9H9ClNO2/c1-6-4-7(10)2-3-8(6)13-5-9(11)12/h2-4H,1,5H2,(H2,11,12). The highest BCUT2D eigenvalue weighted by Crippen LogP contribution is 2.21. The molecule has 0 spiro atoms. The van der Waals surface area contributed by atoms with E-state index in [4.69, 9.17) is 22.1 Å². The van der Waals surface area contributed by atoms with Gasteiger partial charge in [0.15, 0.2) is 6.61 Å². The number of benzene rings is 1. The minimum Gasteiger partial charge on any atom is -0.484 e. The first-order chi connectivity index (χ1) is 6.09. The maximum atomic E-state index is 10.4. The summed E-state index contributed by atoms with van der Waals surface area (Å²) < 4.78 is 5.06. The van der Waals surface area contributed by atoms with Crippen LogP contribution in [0.1, 0.15) is 5.56 Å². The summed E-state index contributed by atoms with van der Waals surface area (Å²) in [7, 11) is 0. The highest BCUT2D eigenvalue weighted by Gasteiger charge is 2.01. The Balaban J connectivity index is 2.72. The Morgan fingerprint density at radius 3 is 2.85 bits per heavy atom. The van der Waals surface area contributed by atoms with Gasteiger partial charge in [-0.05, 0) is 30.7 Å². The molecule has 2 N–H and O–H groups in total. The maximum Gasteiger partial charge on any atom is 0.255 e. The number of amides is 1. The summed E-state index contributed by atoms with van der Waals surface area (Å²) in [6, 6.07) is 4.96. The second-order valence-electron chi connectivity index (χ2n) is 2.51. The van der Waals surface area contributed by atoms with E-state index in [0.29, 0.717) is 16.3 Å². The van der Waals surface area contributed by atoms with Gasteiger partial charge in [0.2, 0.25) is 0 Å². The molecule has 0 saturated carbocycles. The van der Waals surface area contributed by atoms with Gasteiger partial charge in [-0.1, -0.05) is 11.6 Å². The fourth-order valence-corrected chi connectivity index (χ4v) is 1.03. The molecule has 0 aromatic heterocycles. The molecule has 1 amide bonds. The number of primary amides is 1. The molecule has 0 aliphatic heterocycles. The molecule has 3 nitrogen and oxygen atoms in total. The molecule has 0 aliphatic rings. The third-order valence-corrected chi connectivity index (χ3v) is 1.63. The second-order valence-corrected chi connectivity index (χ2v) is 2.94. The van der Waals surface area contributed by atoms with Crippen molar-refractivity contribution in [1.29, 1.82) is 0 Å². The summed E-state index contributed by atoms with van der Waals surface area (Å²) in [5, 5.41) is 0.580. The first kappa shape index (κ1) is 9.86. The molecule has 13 heavy (non-hydrogen) atoms. The van der Waals surface area contributed by atoms with E-state index in [1.54, 1.807) is 18.2 Å². The smallest absolute Gasteiger partial charge is 0.255 e. The SMILES string of the molecule is [CH2]c1cc(Cl)ccc1OCC(N)=O. The van der Waals surface area contributed by atoms with Gasteiger partial charge in [-0.3, -0.25) is 4.79 Å². The first-order valence-corrected chi connectivity index (χ1v) is 4.00. The molecule has 4 heteroatoms. The van der Waals surface area contributed by atoms with Gasteiger partial charge >= 0.3 is 0 Å². The van der Waals surface area contributed by atoms with Gasteiger partial charge in [0.25, 0.3) is 5.91 Å². The van der Waals surface area contributed by atoms with Crippen LogP contribution in [-0.2, 0) is 4.79 Å². The van der Waals surface area contributed by atoms with Crippen molar-refractivity contribution in [1.82, 2.24) is 0 Å². The van der Waals surface area contributed by atoms with E-state index in [2.05, 4.69) is 6.92 Å². The van der Waals surface area contributed by atoms with Gasteiger partial charge in [0, 0.05) is 5.02 Å². The predicted molar refractivity (Wildman–Crippen MR) is 50.6 cm³/mol. The van der Waals surface area contributed by atoms with Crippen molar-refractivity contribution in [3.05, 3.63) is 35.7 Å². The van der Waals surface area contributed by atoms with Gasteiger partial charge < -0.3 is 10.5 Å². The third-order valence-electron chi connectivity index (χ3n) is 1.39. The van der Waals surface area contributed by atoms with Crippen LogP contribution in [0.25, 0.3) is 0 Å². The van der Waals surface area contributed by atoms with E-state index in [-0.39, 0.29) is 6.61 Å². The Morgan fingerprint density at radius 2 is 2.31 bits per heavy atom. The molecule has 0 atom stereocenters. The second kappa shape index (κ2) is 4.14. The van der Waals surface area contributed by atoms with Crippen molar-refractivity contribution in [3.63, 3.8) is 0 Å². The Hall–Kier alpha value is -1.22. The Bertz CT molecular complexity index is 325. The predicted octanol–water partition coefficient (Wildman–Crippen LogP) is 1.39. The van der Waals surface area contributed by atoms with Gasteiger partial charge in [-0.15, -0.1) is 0 Å². The van der Waals surface area contributed by atoms with E-state index in [9.17, 15) is 4.79 Å². The molecule has 0 bridgehead atoms. The fourth-order valence-electron chi connectivity index (χ4n) is 0.838. The number of hydrogen-bond donors (Lipinski definition) is 1. The summed E-state index contributed by atoms with van der Waals surface area (Å²) >= 11 is 5.69. The lowest BCUT2D eigenvalue weighted by atomic mass is 10.2. The summed E-state index contributed by atoms with van der Waals surface area (Å²) in [6.07, 6.45) is 0. The van der Waals surface area contributed by atoms with Gasteiger partial charge in [-0.25, -0.2) is 0 Å². The first-order valence-electron chi connectivity index (χ1n) is 3.62. The number of rotatable bonds is 3. The van der Waals surface area contributed by atoms with Crippen LogP contribution in [0.15, 0.2) is 18.2 Å². The molecule has 0 aliphatic carbocycles. The molecule has 1 rings (SSSR count). The molecular weight excluding hydrogens is 190 g/mol. The fraction of sp³-hybridized carbons (Fsp3) is 0.111. The lowest BCUT2D eigenvalue weighted by Gasteiger charge is -2.06. The Morgan fingerprint density at radius 1 is 1.62 bits per heavy atom. The number of carbonyl (C=O) groups is 1. The number of carbonyl (C=O) groups excluding carboxylic acids is 1. The minimum absolute atomic E-state index is 0.149. The van der Waals surface area contributed by atoms with Crippen LogP contribution >= 0.6 is 11.6 Å². The minimum atomic E-state index is -0.519. The zero-order chi connectivity index (χ0) is 9.84. The summed E-state index contributed by atoms with van der Waals surface area (Å²) in [6.45, 7) is 3.55. The molecule has 69 valence electrons. The van der Waals surface area contributed by atoms with E-state index in [0.717, 1.165) is 0 Å². The van der Waals surface area contributed by atoms with Crippen molar-refractivity contribution in [3.8, 4) is 5.75 Å². The van der Waals surface area contributed by atoms with Crippen LogP contribution < -0.4 is 10.5 Å². The third kappa shape index (κ3) is 2.95. The topological polar surface area (TPSA) is 52.3 Å². The molecule has 1 radical (unpaired) electrons. The van der Waals surface area contributed by atoms with E-state index in [1.165, 1.54) is 0 Å². The molecule has 0 unspecified atom stereocenters. The Labute approximate surface area is 81.4 Å². The molecule has 0 heterocycles. The van der Waals surface area contributed by atoms with Crippen molar-refractivity contribution in [2.75, 3.05) is 6.61 Å². The maximum absolute atomic E-state index is 10.4. The van der Waals surface area contributed by atoms with Crippen LogP contribution in [0.5, 0.6) is 5.75 Å². The van der Waals surface area contributed by atoms with Crippen LogP contribution in [0.3, 0.4) is 0 Å². The summed E-state index contributed by atoms with van der Waals surface area (Å²) in [5.74, 6) is -0.00227. The van der Waals surface area contributed by atoms with Crippen molar-refractivity contribution in [2.45, 2.75) is 0 Å². The van der Waals surface area contributed by atoms with Crippen molar-refractivity contribution >= 4 is 17.5 Å². The zero-order valence-corrected chi connectivity index (χ0v) is 7.67. The molecular formula is C9H9ClNO2. The van der Waals surface area contributed by atoms with Crippen LogP contribution in [0.4, 0.5) is 0 Å². The lowest BCUT2D eigenvalue weighted by Crippen LogP contribution is -2.20. The zero-order valence-electron chi connectivity index (χ0n) is 6.92. The Kier molecular flexibility index (Phi) is 3.14.